The van der Waals surface area contributed by atoms with Gasteiger partial charge in [0.2, 0.25) is 5.89 Å². The quantitative estimate of drug-likeness (QED) is 0.531. The van der Waals surface area contributed by atoms with Crippen molar-refractivity contribution in [2.45, 2.75) is 0 Å². The van der Waals surface area contributed by atoms with E-state index in [0.717, 1.165) is 22.4 Å². The second-order valence-electron chi connectivity index (χ2n) is 5.69. The molecule has 1 heterocycles. The summed E-state index contributed by atoms with van der Waals surface area (Å²) < 4.78 is 10.9. The molecule has 0 saturated heterocycles. The van der Waals surface area contributed by atoms with Crippen molar-refractivity contribution < 1.29 is 14.3 Å². The van der Waals surface area contributed by atoms with Gasteiger partial charge in [0, 0.05) is 17.3 Å². The summed E-state index contributed by atoms with van der Waals surface area (Å²) in [5.41, 5.74) is 3.82. The molecular formula is C21H16N2O3. The van der Waals surface area contributed by atoms with Gasteiger partial charge in [-0.05, 0) is 48.5 Å². The third kappa shape index (κ3) is 3.02. The number of aliphatic imine (C=N–C) groups is 1. The van der Waals surface area contributed by atoms with Gasteiger partial charge >= 0.3 is 0 Å². The van der Waals surface area contributed by atoms with Gasteiger partial charge in [0.1, 0.15) is 5.52 Å². The van der Waals surface area contributed by atoms with E-state index in [2.05, 4.69) is 9.98 Å². The molecule has 3 aromatic carbocycles. The van der Waals surface area contributed by atoms with Gasteiger partial charge in [-0.1, -0.05) is 18.2 Å². The summed E-state index contributed by atoms with van der Waals surface area (Å²) in [6, 6.07) is 20.5. The molecule has 1 N–H and O–H groups in total. The van der Waals surface area contributed by atoms with E-state index >= 15 is 0 Å². The Labute approximate surface area is 150 Å². The molecule has 4 rings (SSSR count). The van der Waals surface area contributed by atoms with Crippen molar-refractivity contribution in [3.8, 4) is 23.0 Å². The van der Waals surface area contributed by atoms with Crippen molar-refractivity contribution in [2.24, 2.45) is 4.99 Å². The Bertz CT molecular complexity index is 1050. The topological polar surface area (TPSA) is 67.9 Å². The fourth-order valence-electron chi connectivity index (χ4n) is 2.64. The van der Waals surface area contributed by atoms with Crippen LogP contribution in [0.3, 0.4) is 0 Å². The van der Waals surface area contributed by atoms with Crippen molar-refractivity contribution in [1.82, 2.24) is 4.98 Å². The highest BCUT2D eigenvalue weighted by atomic mass is 16.5. The predicted octanol–water partition coefficient (Wildman–Crippen LogP) is 4.96. The Balaban J connectivity index is 1.58. The molecule has 0 spiro atoms. The Morgan fingerprint density at radius 1 is 1.00 bits per heavy atom. The summed E-state index contributed by atoms with van der Waals surface area (Å²) in [6.07, 6.45) is 1.60. The van der Waals surface area contributed by atoms with Crippen LogP contribution < -0.4 is 4.74 Å². The molecule has 0 radical (unpaired) electrons. The average molecular weight is 344 g/mol. The normalized spacial score (nSPS) is 11.3. The molecule has 0 fully saturated rings. The lowest BCUT2D eigenvalue weighted by Gasteiger charge is -2.04. The van der Waals surface area contributed by atoms with Gasteiger partial charge in [0.05, 0.1) is 12.8 Å². The van der Waals surface area contributed by atoms with E-state index in [1.54, 1.807) is 24.4 Å². The van der Waals surface area contributed by atoms with Crippen LogP contribution in [-0.4, -0.2) is 23.4 Å². The number of nitrogens with zero attached hydrogens (tertiary/aromatic N) is 2. The molecule has 1 aromatic heterocycles. The third-order valence-electron chi connectivity index (χ3n) is 4.01. The second kappa shape index (κ2) is 6.72. The molecule has 0 atom stereocenters. The summed E-state index contributed by atoms with van der Waals surface area (Å²) >= 11 is 0. The first-order valence-electron chi connectivity index (χ1n) is 8.10. The Morgan fingerprint density at radius 3 is 2.58 bits per heavy atom. The number of para-hydroxylation sites is 3. The van der Waals surface area contributed by atoms with Crippen molar-refractivity contribution in [2.75, 3.05) is 7.11 Å². The van der Waals surface area contributed by atoms with Gasteiger partial charge in [0.25, 0.3) is 0 Å². The van der Waals surface area contributed by atoms with Gasteiger partial charge in [-0.2, -0.15) is 0 Å². The molecule has 0 bridgehead atoms. The van der Waals surface area contributed by atoms with Gasteiger partial charge < -0.3 is 14.3 Å². The minimum absolute atomic E-state index is 0.0712. The van der Waals surface area contributed by atoms with E-state index in [4.69, 9.17) is 9.15 Å². The van der Waals surface area contributed by atoms with E-state index in [-0.39, 0.29) is 5.75 Å². The maximum Gasteiger partial charge on any atom is 0.227 e. The molecule has 5 nitrogen and oxygen atoms in total. The number of methoxy groups -OCH3 is 1. The number of aromatic nitrogens is 1. The van der Waals surface area contributed by atoms with Gasteiger partial charge in [-0.25, -0.2) is 4.98 Å². The fraction of sp³-hybridized carbons (Fsp3) is 0.0476. The first-order chi connectivity index (χ1) is 12.7. The van der Waals surface area contributed by atoms with Gasteiger partial charge in [-0.15, -0.1) is 0 Å². The lowest BCUT2D eigenvalue weighted by Crippen LogP contribution is -1.88. The molecule has 5 heteroatoms. The fourth-order valence-corrected chi connectivity index (χ4v) is 2.64. The summed E-state index contributed by atoms with van der Waals surface area (Å²) in [6.45, 7) is 0. The van der Waals surface area contributed by atoms with Crippen LogP contribution in [0.5, 0.6) is 11.5 Å². The Morgan fingerprint density at radius 2 is 1.81 bits per heavy atom. The maximum absolute atomic E-state index is 10.1. The van der Waals surface area contributed by atoms with Crippen LogP contribution in [0, 0.1) is 0 Å². The molecule has 0 aliphatic carbocycles. The number of phenols is 1. The predicted molar refractivity (Wildman–Crippen MR) is 101 cm³/mol. The SMILES string of the molecule is COc1cccc(C=Nc2ccc(-c3nc4ccccc4o3)cc2)c1O. The number of hydrogen-bond donors (Lipinski definition) is 1. The van der Waals surface area contributed by atoms with Crippen LogP contribution in [-0.2, 0) is 0 Å². The van der Waals surface area contributed by atoms with Crippen LogP contribution >= 0.6 is 0 Å². The van der Waals surface area contributed by atoms with Crippen molar-refractivity contribution >= 4 is 23.0 Å². The number of oxazole rings is 1. The number of benzene rings is 3. The number of aromatic hydroxyl groups is 1. The second-order valence-corrected chi connectivity index (χ2v) is 5.69. The third-order valence-corrected chi connectivity index (χ3v) is 4.01. The number of ether oxygens (including phenoxy) is 1. The van der Waals surface area contributed by atoms with E-state index in [9.17, 15) is 5.11 Å². The summed E-state index contributed by atoms with van der Waals surface area (Å²) in [4.78, 5) is 8.88. The maximum atomic E-state index is 10.1. The number of rotatable bonds is 4. The zero-order chi connectivity index (χ0) is 17.9. The highest BCUT2D eigenvalue weighted by Crippen LogP contribution is 2.29. The van der Waals surface area contributed by atoms with E-state index in [1.165, 1.54) is 7.11 Å². The number of hydrogen-bond acceptors (Lipinski definition) is 5. The minimum Gasteiger partial charge on any atom is -0.504 e. The van der Waals surface area contributed by atoms with Crippen LogP contribution in [0.4, 0.5) is 5.69 Å². The molecule has 0 amide bonds. The summed E-state index contributed by atoms with van der Waals surface area (Å²) in [5.74, 6) is 1.06. The molecule has 26 heavy (non-hydrogen) atoms. The molecule has 0 aliphatic rings. The lowest BCUT2D eigenvalue weighted by atomic mass is 10.2. The van der Waals surface area contributed by atoms with Crippen molar-refractivity contribution in [3.63, 3.8) is 0 Å². The Hall–Kier alpha value is -3.60. The van der Waals surface area contributed by atoms with Crippen LogP contribution in [0.25, 0.3) is 22.6 Å². The van der Waals surface area contributed by atoms with Crippen LogP contribution in [0.15, 0.2) is 76.1 Å². The lowest BCUT2D eigenvalue weighted by molar-refractivity contribution is 0.373. The average Bonchev–Trinajstić information content (AvgIpc) is 3.12. The van der Waals surface area contributed by atoms with E-state index in [0.29, 0.717) is 17.2 Å². The zero-order valence-electron chi connectivity index (χ0n) is 14.1. The highest BCUT2D eigenvalue weighted by Gasteiger charge is 2.08. The molecular weight excluding hydrogens is 328 g/mol. The molecule has 0 aliphatic heterocycles. The largest absolute Gasteiger partial charge is 0.504 e. The van der Waals surface area contributed by atoms with E-state index < -0.39 is 0 Å². The monoisotopic (exact) mass is 344 g/mol. The summed E-state index contributed by atoms with van der Waals surface area (Å²) in [5, 5.41) is 10.1. The van der Waals surface area contributed by atoms with Crippen LogP contribution in [0.1, 0.15) is 5.56 Å². The van der Waals surface area contributed by atoms with E-state index in [1.807, 2.05) is 48.5 Å². The number of phenolic OH excluding ortho intramolecular Hbond substituents is 1. The summed E-state index contributed by atoms with van der Waals surface area (Å²) in [7, 11) is 1.51. The van der Waals surface area contributed by atoms with Gasteiger partial charge in [0.15, 0.2) is 17.1 Å². The van der Waals surface area contributed by atoms with Crippen molar-refractivity contribution in [3.05, 3.63) is 72.3 Å². The molecule has 0 saturated carbocycles. The highest BCUT2D eigenvalue weighted by molar-refractivity contribution is 5.86. The first kappa shape index (κ1) is 15.9. The van der Waals surface area contributed by atoms with Gasteiger partial charge in [-0.3, -0.25) is 4.99 Å². The molecule has 0 unspecified atom stereocenters. The minimum atomic E-state index is 0.0712. The standard InChI is InChI=1S/C21H16N2O3/c1-25-19-8-4-5-15(20(19)24)13-22-16-11-9-14(10-12-16)21-23-17-6-2-3-7-18(17)26-21/h2-13,24H,1H3. The zero-order valence-corrected chi connectivity index (χ0v) is 14.1. The first-order valence-corrected chi connectivity index (χ1v) is 8.10. The Kier molecular flexibility index (Phi) is 4.11. The van der Waals surface area contributed by atoms with Crippen molar-refractivity contribution in [1.29, 1.82) is 0 Å². The number of fused-ring (bicyclic) bond motifs is 1. The molecule has 4 aromatic rings. The molecule has 128 valence electrons. The smallest absolute Gasteiger partial charge is 0.227 e. The van der Waals surface area contributed by atoms with Crippen LogP contribution in [0.2, 0.25) is 0 Å².